The monoisotopic (exact) mass is 262 g/mol. The standard InChI is InChI=1S/C14H15FN2S/c1-2-5-11-9-14(18)17-13(16-11)8-10-6-3-4-7-12(10)15/h3-4,6-7,9H,2,5,8H2,1H3,(H,16,17,18). The highest BCUT2D eigenvalue weighted by Gasteiger charge is 2.05. The van der Waals surface area contributed by atoms with Crippen molar-refractivity contribution in [3.8, 4) is 0 Å². The molecule has 0 unspecified atom stereocenters. The van der Waals surface area contributed by atoms with Crippen LogP contribution in [-0.2, 0) is 12.8 Å². The van der Waals surface area contributed by atoms with E-state index in [9.17, 15) is 4.39 Å². The van der Waals surface area contributed by atoms with Crippen LogP contribution in [-0.4, -0.2) is 9.97 Å². The van der Waals surface area contributed by atoms with Crippen molar-refractivity contribution in [3.63, 3.8) is 0 Å². The molecule has 4 heteroatoms. The first-order valence-electron chi connectivity index (χ1n) is 6.01. The van der Waals surface area contributed by atoms with E-state index in [1.165, 1.54) is 6.07 Å². The van der Waals surface area contributed by atoms with Crippen molar-refractivity contribution < 1.29 is 4.39 Å². The minimum atomic E-state index is -0.209. The van der Waals surface area contributed by atoms with Gasteiger partial charge in [0.05, 0.1) is 0 Å². The Hall–Kier alpha value is -1.55. The molecule has 2 rings (SSSR count). The molecule has 0 spiro atoms. The van der Waals surface area contributed by atoms with Gasteiger partial charge in [0, 0.05) is 12.1 Å². The number of H-pyrrole nitrogens is 1. The normalized spacial score (nSPS) is 10.6. The van der Waals surface area contributed by atoms with Gasteiger partial charge in [0.15, 0.2) is 0 Å². The predicted octanol–water partition coefficient (Wildman–Crippen LogP) is 3.82. The highest BCUT2D eigenvalue weighted by molar-refractivity contribution is 7.71. The van der Waals surface area contributed by atoms with Crippen LogP contribution in [0.5, 0.6) is 0 Å². The predicted molar refractivity (Wildman–Crippen MR) is 72.6 cm³/mol. The van der Waals surface area contributed by atoms with Gasteiger partial charge in [-0.3, -0.25) is 0 Å². The summed E-state index contributed by atoms with van der Waals surface area (Å²) in [6.07, 6.45) is 2.40. The number of benzene rings is 1. The van der Waals surface area contributed by atoms with E-state index in [2.05, 4.69) is 16.9 Å². The Morgan fingerprint density at radius 1 is 1.33 bits per heavy atom. The van der Waals surface area contributed by atoms with E-state index in [1.54, 1.807) is 12.1 Å². The molecule has 1 heterocycles. The molecule has 2 aromatic rings. The first kappa shape index (κ1) is 12.9. The quantitative estimate of drug-likeness (QED) is 0.848. The van der Waals surface area contributed by atoms with Gasteiger partial charge in [-0.15, -0.1) is 0 Å². The zero-order valence-corrected chi connectivity index (χ0v) is 11.1. The van der Waals surface area contributed by atoms with Gasteiger partial charge in [-0.2, -0.15) is 0 Å². The second-order valence-corrected chi connectivity index (χ2v) is 4.63. The lowest BCUT2D eigenvalue weighted by molar-refractivity contribution is 0.611. The van der Waals surface area contributed by atoms with Crippen molar-refractivity contribution in [1.82, 2.24) is 9.97 Å². The number of nitrogens with one attached hydrogen (secondary N) is 1. The van der Waals surface area contributed by atoms with E-state index in [1.807, 2.05) is 12.1 Å². The zero-order valence-electron chi connectivity index (χ0n) is 10.2. The van der Waals surface area contributed by atoms with Gasteiger partial charge >= 0.3 is 0 Å². The Kier molecular flexibility index (Phi) is 4.20. The van der Waals surface area contributed by atoms with Crippen LogP contribution in [0.15, 0.2) is 30.3 Å². The van der Waals surface area contributed by atoms with Gasteiger partial charge in [-0.1, -0.05) is 43.8 Å². The molecule has 0 saturated heterocycles. The number of aromatic nitrogens is 2. The third-order valence-electron chi connectivity index (χ3n) is 2.68. The van der Waals surface area contributed by atoms with Gasteiger partial charge in [0.25, 0.3) is 0 Å². The van der Waals surface area contributed by atoms with Crippen LogP contribution in [0.25, 0.3) is 0 Å². The van der Waals surface area contributed by atoms with Crippen LogP contribution < -0.4 is 0 Å². The van der Waals surface area contributed by atoms with E-state index in [4.69, 9.17) is 12.2 Å². The van der Waals surface area contributed by atoms with Crippen LogP contribution in [0.2, 0.25) is 0 Å². The van der Waals surface area contributed by atoms with Crippen LogP contribution in [0.3, 0.4) is 0 Å². The third-order valence-corrected chi connectivity index (χ3v) is 2.89. The molecule has 0 amide bonds. The van der Waals surface area contributed by atoms with Crippen molar-refractivity contribution >= 4 is 12.2 Å². The molecule has 1 aromatic carbocycles. The average Bonchev–Trinajstić information content (AvgIpc) is 2.32. The highest BCUT2D eigenvalue weighted by atomic mass is 32.1. The number of hydrogen-bond acceptors (Lipinski definition) is 2. The van der Waals surface area contributed by atoms with Crippen molar-refractivity contribution in [2.75, 3.05) is 0 Å². The number of rotatable bonds is 4. The Morgan fingerprint density at radius 2 is 2.11 bits per heavy atom. The molecule has 0 atom stereocenters. The maximum Gasteiger partial charge on any atom is 0.130 e. The number of halogens is 1. The van der Waals surface area contributed by atoms with Crippen molar-refractivity contribution in [3.05, 3.63) is 57.9 Å². The second kappa shape index (κ2) is 5.87. The third kappa shape index (κ3) is 3.23. The molecule has 1 aromatic heterocycles. The largest absolute Gasteiger partial charge is 0.347 e. The van der Waals surface area contributed by atoms with Crippen molar-refractivity contribution in [2.24, 2.45) is 0 Å². The van der Waals surface area contributed by atoms with Crippen LogP contribution in [0.1, 0.15) is 30.4 Å². The fraction of sp³-hybridized carbons (Fsp3) is 0.286. The second-order valence-electron chi connectivity index (χ2n) is 4.21. The summed E-state index contributed by atoms with van der Waals surface area (Å²) < 4.78 is 14.1. The number of nitrogens with zero attached hydrogens (tertiary/aromatic N) is 1. The fourth-order valence-corrected chi connectivity index (χ4v) is 2.13. The first-order chi connectivity index (χ1) is 8.69. The number of aromatic amines is 1. The Morgan fingerprint density at radius 3 is 2.83 bits per heavy atom. The van der Waals surface area contributed by atoms with Gasteiger partial charge in [-0.05, 0) is 24.1 Å². The summed E-state index contributed by atoms with van der Waals surface area (Å²) in [6.45, 7) is 2.11. The molecule has 0 aliphatic rings. The molecule has 0 radical (unpaired) electrons. The van der Waals surface area contributed by atoms with Gasteiger partial charge < -0.3 is 4.98 Å². The molecule has 94 valence electrons. The zero-order chi connectivity index (χ0) is 13.0. The molecule has 0 saturated carbocycles. The number of aryl methyl sites for hydroxylation is 1. The Labute approximate surface area is 111 Å². The van der Waals surface area contributed by atoms with Gasteiger partial charge in [0.1, 0.15) is 16.3 Å². The topological polar surface area (TPSA) is 28.7 Å². The average molecular weight is 262 g/mol. The Bertz CT molecular complexity index is 592. The summed E-state index contributed by atoms with van der Waals surface area (Å²) in [5.74, 6) is 0.510. The van der Waals surface area contributed by atoms with E-state index in [0.717, 1.165) is 24.4 Å². The minimum absolute atomic E-state index is 0.209. The lowest BCUT2D eigenvalue weighted by Crippen LogP contribution is -2.02. The minimum Gasteiger partial charge on any atom is -0.347 e. The maximum absolute atomic E-state index is 13.6. The van der Waals surface area contributed by atoms with Gasteiger partial charge in [-0.25, -0.2) is 9.37 Å². The Balaban J connectivity index is 2.29. The van der Waals surface area contributed by atoms with Crippen molar-refractivity contribution in [1.29, 1.82) is 0 Å². The highest BCUT2D eigenvalue weighted by Crippen LogP contribution is 2.11. The van der Waals surface area contributed by atoms with E-state index >= 15 is 0 Å². The number of hydrogen-bond donors (Lipinski definition) is 1. The van der Waals surface area contributed by atoms with Gasteiger partial charge in [0.2, 0.25) is 0 Å². The van der Waals surface area contributed by atoms with Crippen molar-refractivity contribution in [2.45, 2.75) is 26.2 Å². The summed E-state index contributed by atoms with van der Waals surface area (Å²) in [6, 6.07) is 8.59. The SMILES string of the molecule is CCCc1cc(=S)nc(Cc2ccccc2F)[nH]1. The summed E-state index contributed by atoms with van der Waals surface area (Å²) in [7, 11) is 0. The fourth-order valence-electron chi connectivity index (χ4n) is 1.87. The lowest BCUT2D eigenvalue weighted by Gasteiger charge is -2.06. The summed E-state index contributed by atoms with van der Waals surface area (Å²) >= 11 is 5.13. The molecular formula is C14H15FN2S. The molecule has 0 fully saturated rings. The first-order valence-corrected chi connectivity index (χ1v) is 6.42. The molecule has 1 N–H and O–H groups in total. The summed E-state index contributed by atoms with van der Waals surface area (Å²) in [4.78, 5) is 7.46. The molecule has 0 bridgehead atoms. The summed E-state index contributed by atoms with van der Waals surface area (Å²) in [5, 5.41) is 0. The molecule has 0 aliphatic carbocycles. The van der Waals surface area contributed by atoms with E-state index in [-0.39, 0.29) is 5.82 Å². The molecular weight excluding hydrogens is 247 g/mol. The smallest absolute Gasteiger partial charge is 0.130 e. The van der Waals surface area contributed by atoms with E-state index in [0.29, 0.717) is 16.6 Å². The van der Waals surface area contributed by atoms with Crippen LogP contribution in [0.4, 0.5) is 4.39 Å². The molecule has 18 heavy (non-hydrogen) atoms. The maximum atomic E-state index is 13.6. The van der Waals surface area contributed by atoms with Crippen LogP contribution >= 0.6 is 12.2 Å². The lowest BCUT2D eigenvalue weighted by atomic mass is 10.1. The molecule has 0 aliphatic heterocycles. The van der Waals surface area contributed by atoms with Crippen LogP contribution in [0, 0.1) is 10.5 Å². The summed E-state index contributed by atoms with van der Waals surface area (Å²) in [5.41, 5.74) is 1.69. The molecule has 2 nitrogen and oxygen atoms in total. The van der Waals surface area contributed by atoms with E-state index < -0.39 is 0 Å².